The highest BCUT2D eigenvalue weighted by molar-refractivity contribution is 6.31. The van der Waals surface area contributed by atoms with Crippen LogP contribution in [0.5, 0.6) is 0 Å². The Morgan fingerprint density at radius 3 is 2.43 bits per heavy atom. The van der Waals surface area contributed by atoms with E-state index in [9.17, 15) is 9.90 Å². The maximum Gasteiger partial charge on any atom is 0.342 e. The van der Waals surface area contributed by atoms with Crippen molar-refractivity contribution in [3.8, 4) is 0 Å². The number of aliphatic carboxylic acids is 1. The molecule has 4 nitrogen and oxygen atoms in total. The molecule has 0 saturated carbocycles. The van der Waals surface area contributed by atoms with Crippen LogP contribution in [0.1, 0.15) is 5.56 Å². The van der Waals surface area contributed by atoms with Gasteiger partial charge in [-0.1, -0.05) is 29.8 Å². The number of aliphatic hydroxyl groups excluding tert-OH is 1. The minimum Gasteiger partial charge on any atom is -0.479 e. The first-order valence-corrected chi connectivity index (χ1v) is 4.22. The van der Waals surface area contributed by atoms with E-state index in [2.05, 4.69) is 0 Å². The van der Waals surface area contributed by atoms with Gasteiger partial charge in [-0.3, -0.25) is 0 Å². The quantitative estimate of drug-likeness (QED) is 0.692. The van der Waals surface area contributed by atoms with Gasteiger partial charge in [0.05, 0.1) is 6.61 Å². The maximum atomic E-state index is 10.7. The van der Waals surface area contributed by atoms with Crippen LogP contribution in [0.2, 0.25) is 5.02 Å². The lowest BCUT2D eigenvalue weighted by atomic mass is 9.95. The highest BCUT2D eigenvalue weighted by atomic mass is 35.5. The smallest absolute Gasteiger partial charge is 0.342 e. The molecule has 0 radical (unpaired) electrons. The van der Waals surface area contributed by atoms with Gasteiger partial charge in [0.25, 0.3) is 0 Å². The fourth-order valence-electron chi connectivity index (χ4n) is 1.06. The van der Waals surface area contributed by atoms with Crippen molar-refractivity contribution in [2.75, 3.05) is 6.61 Å². The molecule has 5 heteroatoms. The van der Waals surface area contributed by atoms with E-state index >= 15 is 0 Å². The van der Waals surface area contributed by atoms with Crippen molar-refractivity contribution in [1.29, 1.82) is 0 Å². The molecule has 1 aromatic rings. The Hall–Kier alpha value is -1.10. The zero-order chi connectivity index (χ0) is 10.8. The Labute approximate surface area is 85.4 Å². The van der Waals surface area contributed by atoms with Crippen LogP contribution >= 0.6 is 11.6 Å². The standard InChI is InChI=1S/C9H9ClO4/c10-7-4-2-1-3-6(7)9(14,5-11)8(12)13/h1-4,11,14H,5H2,(H,12,13). The van der Waals surface area contributed by atoms with Crippen LogP contribution in [0.4, 0.5) is 0 Å². The van der Waals surface area contributed by atoms with Gasteiger partial charge in [0.1, 0.15) is 0 Å². The van der Waals surface area contributed by atoms with Crippen LogP contribution in [0.25, 0.3) is 0 Å². The van der Waals surface area contributed by atoms with E-state index in [1.165, 1.54) is 18.2 Å². The third-order valence-corrected chi connectivity index (χ3v) is 2.23. The SMILES string of the molecule is O=C(O)C(O)(CO)c1ccccc1Cl. The molecule has 14 heavy (non-hydrogen) atoms. The molecule has 0 fully saturated rings. The molecule has 1 rings (SSSR count). The molecular formula is C9H9ClO4. The number of carboxylic acids is 1. The lowest BCUT2D eigenvalue weighted by Crippen LogP contribution is -2.39. The minimum absolute atomic E-state index is 0.0170. The summed E-state index contributed by atoms with van der Waals surface area (Å²) in [6.07, 6.45) is 0. The highest BCUT2D eigenvalue weighted by Gasteiger charge is 2.38. The number of carbonyl (C=O) groups is 1. The molecular weight excluding hydrogens is 208 g/mol. The number of hydrogen-bond acceptors (Lipinski definition) is 3. The van der Waals surface area contributed by atoms with Crippen molar-refractivity contribution in [2.24, 2.45) is 0 Å². The molecule has 0 amide bonds. The average Bonchev–Trinajstić information content (AvgIpc) is 2.17. The molecule has 0 heterocycles. The summed E-state index contributed by atoms with van der Waals surface area (Å²) in [5.74, 6) is -1.53. The Balaban J connectivity index is 3.26. The molecule has 0 aliphatic heterocycles. The highest BCUT2D eigenvalue weighted by Crippen LogP contribution is 2.27. The van der Waals surface area contributed by atoms with E-state index in [1.54, 1.807) is 6.07 Å². The first kappa shape index (κ1) is 11.0. The molecule has 0 spiro atoms. The first-order chi connectivity index (χ1) is 6.52. The molecule has 1 aromatic carbocycles. The van der Waals surface area contributed by atoms with E-state index in [1.807, 2.05) is 0 Å². The summed E-state index contributed by atoms with van der Waals surface area (Å²) in [4.78, 5) is 10.7. The van der Waals surface area contributed by atoms with Gasteiger partial charge in [0.15, 0.2) is 0 Å². The van der Waals surface area contributed by atoms with Crippen molar-refractivity contribution in [2.45, 2.75) is 5.60 Å². The van der Waals surface area contributed by atoms with Crippen LogP contribution in [0.3, 0.4) is 0 Å². The number of benzene rings is 1. The summed E-state index contributed by atoms with van der Waals surface area (Å²) in [7, 11) is 0. The lowest BCUT2D eigenvalue weighted by Gasteiger charge is -2.21. The van der Waals surface area contributed by atoms with Crippen molar-refractivity contribution in [3.63, 3.8) is 0 Å². The normalized spacial score (nSPS) is 14.8. The monoisotopic (exact) mass is 216 g/mol. The summed E-state index contributed by atoms with van der Waals surface area (Å²) in [5, 5.41) is 27.3. The number of carboxylic acid groups (broad SMARTS) is 1. The molecule has 1 atom stereocenters. The molecule has 0 aromatic heterocycles. The average molecular weight is 217 g/mol. The third-order valence-electron chi connectivity index (χ3n) is 1.90. The fraction of sp³-hybridized carbons (Fsp3) is 0.222. The summed E-state index contributed by atoms with van der Waals surface area (Å²) >= 11 is 5.70. The van der Waals surface area contributed by atoms with Crippen molar-refractivity contribution >= 4 is 17.6 Å². The first-order valence-electron chi connectivity index (χ1n) is 3.84. The van der Waals surface area contributed by atoms with Gasteiger partial charge in [-0.05, 0) is 6.07 Å². The molecule has 1 unspecified atom stereocenters. The number of rotatable bonds is 3. The van der Waals surface area contributed by atoms with Crippen molar-refractivity contribution in [3.05, 3.63) is 34.9 Å². The van der Waals surface area contributed by atoms with Crippen LogP contribution in [0.15, 0.2) is 24.3 Å². The van der Waals surface area contributed by atoms with Gasteiger partial charge < -0.3 is 15.3 Å². The van der Waals surface area contributed by atoms with Gasteiger partial charge in [-0.25, -0.2) is 4.79 Å². The maximum absolute atomic E-state index is 10.7. The lowest BCUT2D eigenvalue weighted by molar-refractivity contribution is -0.164. The Bertz CT molecular complexity index is 352. The summed E-state index contributed by atoms with van der Waals surface area (Å²) in [5.41, 5.74) is -2.35. The van der Waals surface area contributed by atoms with E-state index in [4.69, 9.17) is 21.8 Å². The molecule has 76 valence electrons. The zero-order valence-corrected chi connectivity index (χ0v) is 7.90. The van der Waals surface area contributed by atoms with Crippen molar-refractivity contribution < 1.29 is 20.1 Å². The van der Waals surface area contributed by atoms with Crippen molar-refractivity contribution in [1.82, 2.24) is 0 Å². The van der Waals surface area contributed by atoms with Gasteiger partial charge >= 0.3 is 5.97 Å². The fourth-order valence-corrected chi connectivity index (χ4v) is 1.36. The van der Waals surface area contributed by atoms with Gasteiger partial charge in [-0.2, -0.15) is 0 Å². The topological polar surface area (TPSA) is 77.8 Å². The molecule has 0 aliphatic carbocycles. The van der Waals surface area contributed by atoms with Gasteiger partial charge in [0, 0.05) is 10.6 Å². The molecule has 3 N–H and O–H groups in total. The number of halogens is 1. The van der Waals surface area contributed by atoms with E-state index in [-0.39, 0.29) is 10.6 Å². The Kier molecular flexibility index (Phi) is 3.10. The largest absolute Gasteiger partial charge is 0.479 e. The predicted molar refractivity (Wildman–Crippen MR) is 50.1 cm³/mol. The van der Waals surface area contributed by atoms with Crippen LogP contribution < -0.4 is 0 Å². The second kappa shape index (κ2) is 3.96. The van der Waals surface area contributed by atoms with Crippen LogP contribution in [-0.4, -0.2) is 27.9 Å². The van der Waals surface area contributed by atoms with Gasteiger partial charge in [-0.15, -0.1) is 0 Å². The van der Waals surface area contributed by atoms with E-state index in [0.29, 0.717) is 0 Å². The van der Waals surface area contributed by atoms with Gasteiger partial charge in [0.2, 0.25) is 5.60 Å². The van der Waals surface area contributed by atoms with E-state index in [0.717, 1.165) is 0 Å². The van der Waals surface area contributed by atoms with E-state index < -0.39 is 18.2 Å². The molecule has 0 saturated heterocycles. The second-order valence-electron chi connectivity index (χ2n) is 2.80. The molecule has 0 aliphatic rings. The predicted octanol–water partition coefficient (Wildman–Crippen LogP) is 0.605. The number of hydrogen-bond donors (Lipinski definition) is 3. The van der Waals surface area contributed by atoms with Crippen LogP contribution in [0, 0.1) is 0 Å². The number of aliphatic hydroxyl groups is 2. The minimum atomic E-state index is -2.33. The summed E-state index contributed by atoms with van der Waals surface area (Å²) in [6.45, 7) is -0.925. The van der Waals surface area contributed by atoms with Crippen LogP contribution in [-0.2, 0) is 10.4 Å². The Morgan fingerprint density at radius 1 is 1.43 bits per heavy atom. The second-order valence-corrected chi connectivity index (χ2v) is 3.21. The summed E-state index contributed by atoms with van der Waals surface area (Å²) in [6, 6.07) is 5.93. The summed E-state index contributed by atoms with van der Waals surface area (Å²) < 4.78 is 0. The third kappa shape index (κ3) is 1.72. The zero-order valence-electron chi connectivity index (χ0n) is 7.14. The Morgan fingerprint density at radius 2 is 2.00 bits per heavy atom. The molecule has 0 bridgehead atoms.